The van der Waals surface area contributed by atoms with E-state index in [0.717, 1.165) is 4.90 Å². The van der Waals surface area contributed by atoms with Crippen molar-refractivity contribution in [3.05, 3.63) is 12.7 Å². The van der Waals surface area contributed by atoms with Gasteiger partial charge in [-0.05, 0) is 6.42 Å². The summed E-state index contributed by atoms with van der Waals surface area (Å²) in [7, 11) is 1.68. The van der Waals surface area contributed by atoms with Gasteiger partial charge in [-0.25, -0.2) is 4.79 Å². The van der Waals surface area contributed by atoms with Crippen molar-refractivity contribution >= 4 is 17.9 Å². The Bertz CT molecular complexity index is 383. The van der Waals surface area contributed by atoms with Gasteiger partial charge in [-0.2, -0.15) is 0 Å². The highest BCUT2D eigenvalue weighted by molar-refractivity contribution is 5.81. The van der Waals surface area contributed by atoms with E-state index in [1.807, 2.05) is 0 Å². The highest BCUT2D eigenvalue weighted by Crippen LogP contribution is 2.10. The molecule has 0 saturated carbocycles. The van der Waals surface area contributed by atoms with Crippen LogP contribution in [0.5, 0.6) is 0 Å². The van der Waals surface area contributed by atoms with Gasteiger partial charge in [-0.1, -0.05) is 6.08 Å². The number of piperidine rings is 1. The van der Waals surface area contributed by atoms with Gasteiger partial charge in [0.1, 0.15) is 6.54 Å². The van der Waals surface area contributed by atoms with E-state index in [2.05, 4.69) is 11.9 Å². The summed E-state index contributed by atoms with van der Waals surface area (Å²) >= 11 is 0. The van der Waals surface area contributed by atoms with Gasteiger partial charge in [0.15, 0.2) is 0 Å². The lowest BCUT2D eigenvalue weighted by molar-refractivity contribution is -0.137. The van der Waals surface area contributed by atoms with E-state index in [9.17, 15) is 14.4 Å². The third kappa shape index (κ3) is 4.61. The molecule has 1 atom stereocenters. The summed E-state index contributed by atoms with van der Waals surface area (Å²) < 4.78 is 0. The molecule has 1 saturated heterocycles. The summed E-state index contributed by atoms with van der Waals surface area (Å²) in [4.78, 5) is 36.6. The Kier molecular flexibility index (Phi) is 5.35. The first-order chi connectivity index (χ1) is 8.93. The third-order valence-electron chi connectivity index (χ3n) is 2.92. The molecule has 1 rings (SSSR count). The minimum Gasteiger partial charge on any atom is -0.480 e. The second kappa shape index (κ2) is 6.77. The lowest BCUT2D eigenvalue weighted by atomic mass is 10.1. The van der Waals surface area contributed by atoms with Gasteiger partial charge in [0.25, 0.3) is 0 Å². The summed E-state index contributed by atoms with van der Waals surface area (Å²) in [5.41, 5.74) is 0. The van der Waals surface area contributed by atoms with Crippen LogP contribution < -0.4 is 5.32 Å². The Hall–Kier alpha value is -2.05. The fourth-order valence-electron chi connectivity index (χ4n) is 1.93. The number of rotatable bonds is 5. The zero-order valence-corrected chi connectivity index (χ0v) is 11.0. The van der Waals surface area contributed by atoms with Gasteiger partial charge < -0.3 is 20.2 Å². The predicted molar refractivity (Wildman–Crippen MR) is 68.6 cm³/mol. The van der Waals surface area contributed by atoms with Crippen molar-refractivity contribution in [1.29, 1.82) is 0 Å². The van der Waals surface area contributed by atoms with E-state index in [4.69, 9.17) is 5.11 Å². The quantitative estimate of drug-likeness (QED) is 0.681. The SMILES string of the molecule is C=CCN(CC(=O)O)C(=O)NC1CCC(=O)N(C)C1. The van der Waals surface area contributed by atoms with Gasteiger partial charge in [0, 0.05) is 32.6 Å². The molecule has 106 valence electrons. The minimum absolute atomic E-state index is 0.0546. The maximum absolute atomic E-state index is 11.9. The normalized spacial score (nSPS) is 18.9. The first kappa shape index (κ1) is 15.0. The summed E-state index contributed by atoms with van der Waals surface area (Å²) in [5, 5.41) is 11.5. The molecule has 1 heterocycles. The molecule has 19 heavy (non-hydrogen) atoms. The molecule has 1 unspecified atom stereocenters. The molecule has 1 aliphatic heterocycles. The Morgan fingerprint density at radius 1 is 1.63 bits per heavy atom. The minimum atomic E-state index is -1.08. The van der Waals surface area contributed by atoms with E-state index in [1.54, 1.807) is 11.9 Å². The molecule has 0 spiro atoms. The van der Waals surface area contributed by atoms with Crippen LogP contribution in [0.3, 0.4) is 0 Å². The molecule has 0 bridgehead atoms. The predicted octanol–water partition coefficient (Wildman–Crippen LogP) is -0.111. The topological polar surface area (TPSA) is 90.0 Å². The second-order valence-electron chi connectivity index (χ2n) is 4.52. The van der Waals surface area contributed by atoms with Crippen LogP contribution in [0.2, 0.25) is 0 Å². The molecule has 7 nitrogen and oxygen atoms in total. The highest BCUT2D eigenvalue weighted by atomic mass is 16.4. The number of nitrogens with zero attached hydrogens (tertiary/aromatic N) is 2. The van der Waals surface area contributed by atoms with E-state index in [-0.39, 0.29) is 25.0 Å². The van der Waals surface area contributed by atoms with Gasteiger partial charge in [0.2, 0.25) is 5.91 Å². The highest BCUT2D eigenvalue weighted by Gasteiger charge is 2.25. The van der Waals surface area contributed by atoms with Crippen LogP contribution in [0.25, 0.3) is 0 Å². The number of hydrogen-bond acceptors (Lipinski definition) is 3. The number of nitrogens with one attached hydrogen (secondary N) is 1. The molecule has 0 radical (unpaired) electrons. The van der Waals surface area contributed by atoms with Gasteiger partial charge in [-0.3, -0.25) is 9.59 Å². The van der Waals surface area contributed by atoms with Gasteiger partial charge >= 0.3 is 12.0 Å². The van der Waals surface area contributed by atoms with E-state index in [1.165, 1.54) is 6.08 Å². The third-order valence-corrected chi connectivity index (χ3v) is 2.92. The van der Waals surface area contributed by atoms with Gasteiger partial charge in [0.05, 0.1) is 0 Å². The van der Waals surface area contributed by atoms with Crippen molar-refractivity contribution in [2.75, 3.05) is 26.7 Å². The molecular formula is C12H19N3O4. The Morgan fingerprint density at radius 3 is 2.84 bits per heavy atom. The largest absolute Gasteiger partial charge is 0.480 e. The Balaban J connectivity index is 2.53. The molecular weight excluding hydrogens is 250 g/mol. The van der Waals surface area contributed by atoms with Crippen LogP contribution in [0.15, 0.2) is 12.7 Å². The summed E-state index contributed by atoms with van der Waals surface area (Å²) in [6.45, 7) is 3.73. The molecule has 1 aliphatic rings. The van der Waals surface area contributed by atoms with E-state index < -0.39 is 12.0 Å². The monoisotopic (exact) mass is 269 g/mol. The molecule has 0 aromatic heterocycles. The Morgan fingerprint density at radius 2 is 2.32 bits per heavy atom. The van der Waals surface area contributed by atoms with E-state index in [0.29, 0.717) is 19.4 Å². The maximum Gasteiger partial charge on any atom is 0.323 e. The van der Waals surface area contributed by atoms with Crippen LogP contribution in [-0.4, -0.2) is 65.5 Å². The lowest BCUT2D eigenvalue weighted by Gasteiger charge is -2.31. The number of urea groups is 1. The van der Waals surface area contributed by atoms with Crippen LogP contribution >= 0.6 is 0 Å². The number of likely N-dealkylation sites (N-methyl/N-ethyl adjacent to an activating group) is 1. The molecule has 2 N–H and O–H groups in total. The summed E-state index contributed by atoms with van der Waals surface area (Å²) in [6, 6.07) is -0.591. The van der Waals surface area contributed by atoms with Crippen LogP contribution in [0.4, 0.5) is 4.79 Å². The molecule has 0 aliphatic carbocycles. The van der Waals surface area contributed by atoms with Crippen LogP contribution in [0, 0.1) is 0 Å². The molecule has 1 fully saturated rings. The number of hydrogen-bond donors (Lipinski definition) is 2. The van der Waals surface area contributed by atoms with Crippen molar-refractivity contribution in [2.24, 2.45) is 0 Å². The second-order valence-corrected chi connectivity index (χ2v) is 4.52. The number of carboxylic acids is 1. The van der Waals surface area contributed by atoms with Crippen molar-refractivity contribution in [3.8, 4) is 0 Å². The number of likely N-dealkylation sites (tertiary alicyclic amines) is 1. The summed E-state index contributed by atoms with van der Waals surface area (Å²) in [5.74, 6) is -1.02. The molecule has 3 amide bonds. The lowest BCUT2D eigenvalue weighted by Crippen LogP contribution is -2.52. The van der Waals surface area contributed by atoms with Crippen molar-refractivity contribution < 1.29 is 19.5 Å². The first-order valence-electron chi connectivity index (χ1n) is 6.06. The zero-order chi connectivity index (χ0) is 14.4. The van der Waals surface area contributed by atoms with Gasteiger partial charge in [-0.15, -0.1) is 6.58 Å². The average Bonchev–Trinajstić information content (AvgIpc) is 2.33. The first-order valence-corrected chi connectivity index (χ1v) is 6.06. The number of carbonyl (C=O) groups is 3. The van der Waals surface area contributed by atoms with Crippen molar-refractivity contribution in [1.82, 2.24) is 15.1 Å². The number of aliphatic carboxylic acids is 1. The van der Waals surface area contributed by atoms with Crippen LogP contribution in [0.1, 0.15) is 12.8 Å². The zero-order valence-electron chi connectivity index (χ0n) is 11.0. The average molecular weight is 269 g/mol. The Labute approximate surface area is 111 Å². The molecule has 7 heteroatoms. The number of amides is 3. The smallest absolute Gasteiger partial charge is 0.323 e. The van der Waals surface area contributed by atoms with Crippen molar-refractivity contribution in [3.63, 3.8) is 0 Å². The number of carbonyl (C=O) groups excluding carboxylic acids is 2. The standard InChI is InChI=1S/C12H19N3O4/c1-3-6-15(8-11(17)18)12(19)13-9-4-5-10(16)14(2)7-9/h3,9H,1,4-8H2,2H3,(H,13,19)(H,17,18). The van der Waals surface area contributed by atoms with Crippen LogP contribution in [-0.2, 0) is 9.59 Å². The fourth-order valence-corrected chi connectivity index (χ4v) is 1.93. The molecule has 0 aromatic carbocycles. The summed E-state index contributed by atoms with van der Waals surface area (Å²) in [6.07, 6.45) is 2.44. The van der Waals surface area contributed by atoms with Crippen molar-refractivity contribution in [2.45, 2.75) is 18.9 Å². The fraction of sp³-hybridized carbons (Fsp3) is 0.583. The number of carboxylic acid groups (broad SMARTS) is 1. The molecule has 0 aromatic rings. The maximum atomic E-state index is 11.9. The van der Waals surface area contributed by atoms with E-state index >= 15 is 0 Å².